The van der Waals surface area contributed by atoms with Crippen molar-refractivity contribution in [3.8, 4) is 5.75 Å². The maximum atomic E-state index is 13.2. The number of rotatable bonds is 4. The fourth-order valence-electron chi connectivity index (χ4n) is 4.19. The number of fused-ring (bicyclic) bond motifs is 1. The van der Waals surface area contributed by atoms with Gasteiger partial charge >= 0.3 is 5.97 Å². The molecule has 7 nitrogen and oxygen atoms in total. The molecule has 2 aliphatic heterocycles. The molecule has 28 heavy (non-hydrogen) atoms. The number of carboxylic acid groups (broad SMARTS) is 1. The molecule has 0 aliphatic carbocycles. The number of benzene rings is 2. The molecule has 0 spiro atoms. The highest BCUT2D eigenvalue weighted by atomic mass is 16.4. The van der Waals surface area contributed by atoms with E-state index in [-0.39, 0.29) is 24.0 Å². The molecule has 144 valence electrons. The lowest BCUT2D eigenvalue weighted by molar-refractivity contribution is -0.150. The average molecular weight is 380 g/mol. The second kappa shape index (κ2) is 6.99. The summed E-state index contributed by atoms with van der Waals surface area (Å²) in [6, 6.07) is 13.2. The third-order valence-electron chi connectivity index (χ3n) is 5.50. The Hall–Kier alpha value is -3.35. The molecular weight excluding hydrogens is 360 g/mol. The summed E-state index contributed by atoms with van der Waals surface area (Å²) in [5.41, 5.74) is 1.50. The molecule has 2 aromatic carbocycles. The normalized spacial score (nSPS) is 26.6. The molecule has 2 aliphatic rings. The van der Waals surface area contributed by atoms with Crippen LogP contribution in [0.25, 0.3) is 0 Å². The highest BCUT2D eigenvalue weighted by Crippen LogP contribution is 2.43. The second-order valence-electron chi connectivity index (χ2n) is 7.23. The Kier molecular flexibility index (Phi) is 4.50. The Labute approximate surface area is 161 Å². The van der Waals surface area contributed by atoms with Gasteiger partial charge in [-0.25, -0.2) is 0 Å². The maximum absolute atomic E-state index is 13.2. The summed E-state index contributed by atoms with van der Waals surface area (Å²) in [7, 11) is 0. The molecule has 7 heteroatoms. The summed E-state index contributed by atoms with van der Waals surface area (Å²) in [5.74, 6) is -2.49. The minimum Gasteiger partial charge on any atom is -0.508 e. The molecule has 2 fully saturated rings. The van der Waals surface area contributed by atoms with E-state index in [2.05, 4.69) is 5.32 Å². The SMILES string of the molecule is O=C1N[C@@H](Cc2ccccc2)C(=O)N2[C@@H]1C[C@@H](C(=O)O)[C@H]2c1ccc(O)cc1. The first-order valence-electron chi connectivity index (χ1n) is 9.14. The molecule has 0 saturated carbocycles. The number of hydrogen-bond donors (Lipinski definition) is 3. The molecule has 0 bridgehead atoms. The van der Waals surface area contributed by atoms with Gasteiger partial charge in [0.05, 0.1) is 12.0 Å². The van der Waals surface area contributed by atoms with Crippen LogP contribution >= 0.6 is 0 Å². The minimum absolute atomic E-state index is 0.0508. The van der Waals surface area contributed by atoms with Crippen molar-refractivity contribution in [3.05, 3.63) is 65.7 Å². The van der Waals surface area contributed by atoms with Crippen molar-refractivity contribution in [2.45, 2.75) is 31.0 Å². The lowest BCUT2D eigenvalue weighted by Crippen LogP contribution is -2.62. The number of aromatic hydroxyl groups is 1. The summed E-state index contributed by atoms with van der Waals surface area (Å²) in [6.07, 6.45) is 0.408. The second-order valence-corrected chi connectivity index (χ2v) is 7.23. The molecular formula is C21H20N2O5. The van der Waals surface area contributed by atoms with E-state index in [1.54, 1.807) is 12.1 Å². The van der Waals surface area contributed by atoms with Crippen LogP contribution in [0.15, 0.2) is 54.6 Å². The number of nitrogens with one attached hydrogen (secondary N) is 1. The first-order chi connectivity index (χ1) is 13.5. The maximum Gasteiger partial charge on any atom is 0.309 e. The third kappa shape index (κ3) is 3.09. The van der Waals surface area contributed by atoms with Gasteiger partial charge in [-0.3, -0.25) is 14.4 Å². The molecule has 4 atom stereocenters. The monoisotopic (exact) mass is 380 g/mol. The molecule has 0 unspecified atom stereocenters. The van der Waals surface area contributed by atoms with E-state index in [1.807, 2.05) is 30.3 Å². The quantitative estimate of drug-likeness (QED) is 0.745. The summed E-state index contributed by atoms with van der Waals surface area (Å²) in [4.78, 5) is 39.2. The van der Waals surface area contributed by atoms with Crippen molar-refractivity contribution in [2.75, 3.05) is 0 Å². The van der Waals surface area contributed by atoms with Gasteiger partial charge in [-0.1, -0.05) is 42.5 Å². The van der Waals surface area contributed by atoms with Crippen LogP contribution in [0.3, 0.4) is 0 Å². The van der Waals surface area contributed by atoms with Crippen molar-refractivity contribution >= 4 is 17.8 Å². The van der Waals surface area contributed by atoms with E-state index in [0.29, 0.717) is 12.0 Å². The van der Waals surface area contributed by atoms with Gasteiger partial charge in [0.2, 0.25) is 11.8 Å². The first-order valence-corrected chi connectivity index (χ1v) is 9.14. The summed E-state index contributed by atoms with van der Waals surface area (Å²) < 4.78 is 0. The average Bonchev–Trinajstić information content (AvgIpc) is 3.09. The number of phenols is 1. The molecule has 3 N–H and O–H groups in total. The molecule has 2 amide bonds. The number of piperazine rings is 1. The third-order valence-corrected chi connectivity index (χ3v) is 5.50. The van der Waals surface area contributed by atoms with Gasteiger partial charge in [-0.2, -0.15) is 0 Å². The van der Waals surface area contributed by atoms with Crippen molar-refractivity contribution < 1.29 is 24.6 Å². The van der Waals surface area contributed by atoms with Crippen LogP contribution in [0, 0.1) is 5.92 Å². The number of amides is 2. The number of phenolic OH excluding ortho intramolecular Hbond substituents is 1. The van der Waals surface area contributed by atoms with Crippen LogP contribution < -0.4 is 5.32 Å². The number of hydrogen-bond acceptors (Lipinski definition) is 4. The predicted molar refractivity (Wildman–Crippen MR) is 99.3 cm³/mol. The minimum atomic E-state index is -1.05. The highest BCUT2D eigenvalue weighted by molar-refractivity contribution is 5.99. The highest BCUT2D eigenvalue weighted by Gasteiger charge is 2.54. The van der Waals surface area contributed by atoms with Crippen LogP contribution in [0.5, 0.6) is 5.75 Å². The number of aliphatic carboxylic acids is 1. The smallest absolute Gasteiger partial charge is 0.309 e. The number of nitrogens with zero attached hydrogens (tertiary/aromatic N) is 1. The predicted octanol–water partition coefficient (Wildman–Crippen LogP) is 1.48. The van der Waals surface area contributed by atoms with Crippen LogP contribution in [0.1, 0.15) is 23.6 Å². The summed E-state index contributed by atoms with van der Waals surface area (Å²) in [5, 5.41) is 22.0. The van der Waals surface area contributed by atoms with E-state index in [0.717, 1.165) is 5.56 Å². The van der Waals surface area contributed by atoms with E-state index in [9.17, 15) is 24.6 Å². The van der Waals surface area contributed by atoms with Crippen LogP contribution in [-0.4, -0.2) is 45.0 Å². The Morgan fingerprint density at radius 3 is 2.39 bits per heavy atom. The van der Waals surface area contributed by atoms with Crippen LogP contribution in [-0.2, 0) is 20.8 Å². The van der Waals surface area contributed by atoms with Gasteiger partial charge < -0.3 is 20.4 Å². The number of carbonyl (C=O) groups is 3. The zero-order chi connectivity index (χ0) is 19.8. The standard InChI is InChI=1S/C21H20N2O5/c24-14-8-6-13(7-9-14)18-15(21(27)28)11-17-19(25)22-16(20(26)23(17)18)10-12-4-2-1-3-5-12/h1-9,15-18,24H,10-11H2,(H,22,25)(H,27,28)/t15-,16+,17-,18-/m1/s1. The summed E-state index contributed by atoms with van der Waals surface area (Å²) in [6.45, 7) is 0. The summed E-state index contributed by atoms with van der Waals surface area (Å²) >= 11 is 0. The van der Waals surface area contributed by atoms with E-state index in [1.165, 1.54) is 17.0 Å². The van der Waals surface area contributed by atoms with Gasteiger partial charge in [-0.05, 0) is 29.7 Å². The number of carbonyl (C=O) groups excluding carboxylic acids is 2. The lowest BCUT2D eigenvalue weighted by atomic mass is 9.93. The number of carboxylic acids is 1. The van der Waals surface area contributed by atoms with Crippen molar-refractivity contribution in [3.63, 3.8) is 0 Å². The zero-order valence-corrected chi connectivity index (χ0v) is 15.0. The van der Waals surface area contributed by atoms with Gasteiger partial charge in [0, 0.05) is 6.42 Å². The van der Waals surface area contributed by atoms with Crippen LogP contribution in [0.4, 0.5) is 0 Å². The van der Waals surface area contributed by atoms with E-state index in [4.69, 9.17) is 0 Å². The largest absolute Gasteiger partial charge is 0.508 e. The van der Waals surface area contributed by atoms with Gasteiger partial charge in [0.15, 0.2) is 0 Å². The molecule has 0 aromatic heterocycles. The fraction of sp³-hybridized carbons (Fsp3) is 0.286. The zero-order valence-electron chi connectivity index (χ0n) is 15.0. The van der Waals surface area contributed by atoms with Crippen molar-refractivity contribution in [1.82, 2.24) is 10.2 Å². The molecule has 0 radical (unpaired) electrons. The van der Waals surface area contributed by atoms with E-state index >= 15 is 0 Å². The molecule has 2 heterocycles. The van der Waals surface area contributed by atoms with E-state index < -0.39 is 30.0 Å². The van der Waals surface area contributed by atoms with Gasteiger partial charge in [0.1, 0.15) is 17.8 Å². The molecule has 4 rings (SSSR count). The Morgan fingerprint density at radius 1 is 1.07 bits per heavy atom. The first kappa shape index (κ1) is 18.0. The molecule has 2 saturated heterocycles. The Morgan fingerprint density at radius 2 is 1.75 bits per heavy atom. The lowest BCUT2D eigenvalue weighted by Gasteiger charge is -2.38. The Balaban J connectivity index is 1.69. The van der Waals surface area contributed by atoms with Crippen LogP contribution in [0.2, 0.25) is 0 Å². The van der Waals surface area contributed by atoms with Gasteiger partial charge in [0.25, 0.3) is 0 Å². The van der Waals surface area contributed by atoms with Crippen molar-refractivity contribution in [1.29, 1.82) is 0 Å². The van der Waals surface area contributed by atoms with Gasteiger partial charge in [-0.15, -0.1) is 0 Å². The Bertz CT molecular complexity index is 912. The fourth-order valence-corrected chi connectivity index (χ4v) is 4.19. The van der Waals surface area contributed by atoms with Crippen molar-refractivity contribution in [2.24, 2.45) is 5.92 Å². The molecule has 2 aromatic rings. The topological polar surface area (TPSA) is 107 Å².